The van der Waals surface area contributed by atoms with Gasteiger partial charge in [-0.1, -0.05) is 38.0 Å². The third-order valence-electron chi connectivity index (χ3n) is 7.40. The highest BCUT2D eigenvalue weighted by Gasteiger charge is 2.35. The van der Waals surface area contributed by atoms with Gasteiger partial charge in [-0.25, -0.2) is 8.78 Å². The van der Waals surface area contributed by atoms with E-state index in [4.69, 9.17) is 0 Å². The Morgan fingerprint density at radius 1 is 0.875 bits per heavy atom. The molecule has 2 aromatic carbocycles. The fraction of sp³-hybridized carbons (Fsp3) is 0.538. The minimum absolute atomic E-state index is 0.229. The molecule has 0 aromatic heterocycles. The summed E-state index contributed by atoms with van der Waals surface area (Å²) < 4.78 is 70.5. The van der Waals surface area contributed by atoms with Gasteiger partial charge in [-0.2, -0.15) is 13.2 Å². The van der Waals surface area contributed by atoms with Gasteiger partial charge in [0.15, 0.2) is 18.2 Å². The normalized spacial score (nSPS) is 25.9. The van der Waals surface area contributed by atoms with E-state index in [9.17, 15) is 22.0 Å². The fourth-order valence-corrected chi connectivity index (χ4v) is 5.62. The van der Waals surface area contributed by atoms with Crippen molar-refractivity contribution in [3.8, 4) is 16.9 Å². The second kappa shape index (κ2) is 9.40. The first-order chi connectivity index (χ1) is 15.2. The van der Waals surface area contributed by atoms with E-state index >= 15 is 0 Å². The molecular formula is C26H29F5O. The Labute approximate surface area is 186 Å². The lowest BCUT2D eigenvalue weighted by Crippen LogP contribution is -2.30. The van der Waals surface area contributed by atoms with Gasteiger partial charge in [0.05, 0.1) is 0 Å². The Bertz CT molecular complexity index is 938. The first-order valence-corrected chi connectivity index (χ1v) is 11.5. The number of rotatable bonds is 5. The summed E-state index contributed by atoms with van der Waals surface area (Å²) in [5.41, 5.74) is 1.48. The Kier molecular flexibility index (Phi) is 6.78. The molecule has 6 heteroatoms. The van der Waals surface area contributed by atoms with Gasteiger partial charge < -0.3 is 4.74 Å². The Morgan fingerprint density at radius 2 is 1.62 bits per heavy atom. The van der Waals surface area contributed by atoms with Crippen LogP contribution in [0.15, 0.2) is 36.4 Å². The summed E-state index contributed by atoms with van der Waals surface area (Å²) >= 11 is 0. The Balaban J connectivity index is 1.45. The Hall–Kier alpha value is -2.11. The van der Waals surface area contributed by atoms with Gasteiger partial charge >= 0.3 is 6.18 Å². The standard InChI is InChI=1S/C26H29F5O/c1-2-16-3-4-18-12-19(6-5-17(18)11-16)20-7-9-22(23(27)13-20)21-8-10-25(24(28)14-21)32-15-26(29,30)31/h7-10,13-14,16-19H,2-6,11-12,15H2,1H3/t16?,17-,18-,19-/m1/s1. The van der Waals surface area contributed by atoms with Crippen molar-refractivity contribution in [2.75, 3.05) is 6.61 Å². The van der Waals surface area contributed by atoms with E-state index in [1.165, 1.54) is 38.2 Å². The summed E-state index contributed by atoms with van der Waals surface area (Å²) in [7, 11) is 0. The van der Waals surface area contributed by atoms with Crippen LogP contribution in [-0.4, -0.2) is 12.8 Å². The Morgan fingerprint density at radius 3 is 2.31 bits per heavy atom. The molecule has 1 unspecified atom stereocenters. The topological polar surface area (TPSA) is 9.23 Å². The summed E-state index contributed by atoms with van der Waals surface area (Å²) in [4.78, 5) is 0. The average Bonchev–Trinajstić information content (AvgIpc) is 2.76. The highest BCUT2D eigenvalue weighted by Crippen LogP contribution is 2.48. The summed E-state index contributed by atoms with van der Waals surface area (Å²) in [6, 6.07) is 8.61. The summed E-state index contributed by atoms with van der Waals surface area (Å²) in [6.07, 6.45) is 3.95. The van der Waals surface area contributed by atoms with Crippen molar-refractivity contribution in [1.29, 1.82) is 0 Å². The van der Waals surface area contributed by atoms with Gasteiger partial charge in [0.25, 0.3) is 0 Å². The van der Waals surface area contributed by atoms with Crippen LogP contribution in [0.4, 0.5) is 22.0 Å². The van der Waals surface area contributed by atoms with E-state index in [1.54, 1.807) is 12.1 Å². The molecule has 32 heavy (non-hydrogen) atoms. The second-order valence-corrected chi connectivity index (χ2v) is 9.41. The van der Waals surface area contributed by atoms with Crippen LogP contribution in [0.3, 0.4) is 0 Å². The van der Waals surface area contributed by atoms with Crippen LogP contribution in [-0.2, 0) is 0 Å². The number of ether oxygens (including phenoxy) is 1. The van der Waals surface area contributed by atoms with Crippen molar-refractivity contribution in [3.05, 3.63) is 53.6 Å². The number of fused-ring (bicyclic) bond motifs is 1. The third kappa shape index (κ3) is 5.26. The largest absolute Gasteiger partial charge is 0.481 e. The van der Waals surface area contributed by atoms with Gasteiger partial charge in [0.1, 0.15) is 5.82 Å². The summed E-state index contributed by atoms with van der Waals surface area (Å²) in [5, 5.41) is 0. The highest BCUT2D eigenvalue weighted by molar-refractivity contribution is 5.65. The molecule has 0 bridgehead atoms. The van der Waals surface area contributed by atoms with E-state index < -0.39 is 30.2 Å². The van der Waals surface area contributed by atoms with Gasteiger partial charge in [0, 0.05) is 5.56 Å². The molecule has 2 fully saturated rings. The molecule has 0 radical (unpaired) electrons. The summed E-state index contributed by atoms with van der Waals surface area (Å²) in [6.45, 7) is 0.699. The lowest BCUT2D eigenvalue weighted by molar-refractivity contribution is -0.153. The first kappa shape index (κ1) is 23.1. The zero-order valence-corrected chi connectivity index (χ0v) is 18.2. The van der Waals surface area contributed by atoms with Gasteiger partial charge in [-0.15, -0.1) is 0 Å². The molecule has 0 saturated heterocycles. The van der Waals surface area contributed by atoms with E-state index in [0.29, 0.717) is 5.92 Å². The molecule has 0 amide bonds. The zero-order chi connectivity index (χ0) is 22.9. The van der Waals surface area contributed by atoms with Gasteiger partial charge in [-0.05, 0) is 85.1 Å². The minimum Gasteiger partial charge on any atom is -0.481 e. The third-order valence-corrected chi connectivity index (χ3v) is 7.40. The van der Waals surface area contributed by atoms with Crippen LogP contribution in [0.1, 0.15) is 63.4 Å². The number of alkyl halides is 3. The van der Waals surface area contributed by atoms with E-state index in [2.05, 4.69) is 11.7 Å². The molecule has 4 rings (SSSR count). The van der Waals surface area contributed by atoms with Crippen LogP contribution in [0.25, 0.3) is 11.1 Å². The molecule has 2 aliphatic carbocycles. The maximum Gasteiger partial charge on any atom is 0.422 e. The molecule has 2 aliphatic rings. The van der Waals surface area contributed by atoms with Gasteiger partial charge in [-0.3, -0.25) is 0 Å². The molecule has 0 spiro atoms. The van der Waals surface area contributed by atoms with Crippen molar-refractivity contribution in [2.24, 2.45) is 17.8 Å². The molecule has 174 valence electrons. The molecular weight excluding hydrogens is 423 g/mol. The summed E-state index contributed by atoms with van der Waals surface area (Å²) in [5.74, 6) is 0.826. The molecule has 2 saturated carbocycles. The average molecular weight is 453 g/mol. The maximum atomic E-state index is 15.0. The van der Waals surface area contributed by atoms with Crippen LogP contribution in [0, 0.1) is 29.4 Å². The van der Waals surface area contributed by atoms with Crippen LogP contribution >= 0.6 is 0 Å². The van der Waals surface area contributed by atoms with Crippen LogP contribution in [0.2, 0.25) is 0 Å². The van der Waals surface area contributed by atoms with E-state index in [0.717, 1.165) is 48.3 Å². The number of halogens is 5. The van der Waals surface area contributed by atoms with Crippen LogP contribution < -0.4 is 4.74 Å². The second-order valence-electron chi connectivity index (χ2n) is 9.41. The molecule has 0 N–H and O–H groups in total. The lowest BCUT2D eigenvalue weighted by atomic mass is 9.63. The predicted octanol–water partition coefficient (Wildman–Crippen LogP) is 8.28. The zero-order valence-electron chi connectivity index (χ0n) is 18.2. The molecule has 1 nitrogen and oxygen atoms in total. The molecule has 2 aromatic rings. The first-order valence-electron chi connectivity index (χ1n) is 11.5. The number of benzene rings is 2. The number of hydrogen-bond acceptors (Lipinski definition) is 1. The van der Waals surface area contributed by atoms with Crippen molar-refractivity contribution in [3.63, 3.8) is 0 Å². The molecule has 4 atom stereocenters. The van der Waals surface area contributed by atoms with E-state index in [1.807, 2.05) is 6.07 Å². The molecule has 0 heterocycles. The smallest absolute Gasteiger partial charge is 0.422 e. The quantitative estimate of drug-likeness (QED) is 0.415. The monoisotopic (exact) mass is 452 g/mol. The molecule has 0 aliphatic heterocycles. The van der Waals surface area contributed by atoms with E-state index in [-0.39, 0.29) is 11.1 Å². The van der Waals surface area contributed by atoms with Gasteiger partial charge in [0.2, 0.25) is 0 Å². The maximum absolute atomic E-state index is 15.0. The SMILES string of the molecule is CCC1CC[C@@H]2C[C@H](c3ccc(-c4ccc(OCC(F)(F)F)c(F)c4)c(F)c3)CC[C@@H]2C1. The lowest BCUT2D eigenvalue weighted by Gasteiger charge is -2.42. The fourth-order valence-electron chi connectivity index (χ4n) is 5.62. The predicted molar refractivity (Wildman–Crippen MR) is 115 cm³/mol. The highest BCUT2D eigenvalue weighted by atomic mass is 19.4. The van der Waals surface area contributed by atoms with Crippen molar-refractivity contribution in [1.82, 2.24) is 0 Å². The van der Waals surface area contributed by atoms with Crippen molar-refractivity contribution >= 4 is 0 Å². The number of hydrogen-bond donors (Lipinski definition) is 0. The van der Waals surface area contributed by atoms with Crippen LogP contribution in [0.5, 0.6) is 5.75 Å². The van der Waals surface area contributed by atoms with Crippen molar-refractivity contribution < 1.29 is 26.7 Å². The minimum atomic E-state index is -4.55. The van der Waals surface area contributed by atoms with Crippen molar-refractivity contribution in [2.45, 2.75) is 64.0 Å².